The minimum absolute atomic E-state index is 0.208. The Morgan fingerprint density at radius 1 is 1.22 bits per heavy atom. The van der Waals surface area contributed by atoms with Crippen molar-refractivity contribution in [3.8, 4) is 11.3 Å². The first-order valence-corrected chi connectivity index (χ1v) is 8.76. The highest BCUT2D eigenvalue weighted by Gasteiger charge is 2.19. The van der Waals surface area contributed by atoms with E-state index in [1.807, 2.05) is 44.3 Å². The molecule has 1 amide bonds. The summed E-state index contributed by atoms with van der Waals surface area (Å²) in [7, 11) is 3.17. The second-order valence-corrected chi connectivity index (χ2v) is 6.26. The number of hydrogen-bond donors (Lipinski definition) is 1. The molecule has 2 aromatic heterocycles. The molecular formula is C20H22N4O3. The Kier molecular flexibility index (Phi) is 5.49. The Bertz CT molecular complexity index is 980. The van der Waals surface area contributed by atoms with E-state index in [2.05, 4.69) is 15.2 Å². The zero-order valence-corrected chi connectivity index (χ0v) is 15.7. The quantitative estimate of drug-likeness (QED) is 0.535. The zero-order valence-electron chi connectivity index (χ0n) is 15.7. The SMILES string of the molecule is COC(=O)CCCNC(=O)c1cc(-c2ccccc2)nc2c1c(C)nn2C. The molecular weight excluding hydrogens is 344 g/mol. The van der Waals surface area contributed by atoms with Crippen LogP contribution in [0.2, 0.25) is 0 Å². The smallest absolute Gasteiger partial charge is 0.305 e. The van der Waals surface area contributed by atoms with Crippen molar-refractivity contribution >= 4 is 22.9 Å². The van der Waals surface area contributed by atoms with Crippen LogP contribution in [0, 0.1) is 6.92 Å². The van der Waals surface area contributed by atoms with Crippen molar-refractivity contribution < 1.29 is 14.3 Å². The monoisotopic (exact) mass is 366 g/mol. The Balaban J connectivity index is 1.93. The molecule has 3 aromatic rings. The number of nitrogens with one attached hydrogen (secondary N) is 1. The largest absolute Gasteiger partial charge is 0.469 e. The number of rotatable bonds is 6. The van der Waals surface area contributed by atoms with Crippen LogP contribution >= 0.6 is 0 Å². The Labute approximate surface area is 157 Å². The minimum atomic E-state index is -0.287. The van der Waals surface area contributed by atoms with Gasteiger partial charge < -0.3 is 10.1 Å². The molecule has 0 radical (unpaired) electrons. The number of ether oxygens (including phenoxy) is 1. The number of fused-ring (bicyclic) bond motifs is 1. The second-order valence-electron chi connectivity index (χ2n) is 6.26. The summed E-state index contributed by atoms with van der Waals surface area (Å²) < 4.78 is 6.30. The molecule has 0 saturated heterocycles. The summed E-state index contributed by atoms with van der Waals surface area (Å²) in [6.45, 7) is 2.25. The van der Waals surface area contributed by atoms with E-state index in [9.17, 15) is 9.59 Å². The summed E-state index contributed by atoms with van der Waals surface area (Å²) in [5.41, 5.74) is 3.58. The number of hydrogen-bond acceptors (Lipinski definition) is 5. The Hall–Kier alpha value is -3.22. The number of pyridine rings is 1. The molecule has 1 aromatic carbocycles. The summed E-state index contributed by atoms with van der Waals surface area (Å²) in [5.74, 6) is -0.495. The van der Waals surface area contributed by atoms with Gasteiger partial charge in [-0.1, -0.05) is 30.3 Å². The van der Waals surface area contributed by atoms with Crippen LogP contribution in [-0.4, -0.2) is 40.3 Å². The molecule has 2 heterocycles. The van der Waals surface area contributed by atoms with Gasteiger partial charge in [0.1, 0.15) is 0 Å². The number of esters is 1. The molecule has 0 fully saturated rings. The van der Waals surface area contributed by atoms with Crippen LogP contribution in [0.5, 0.6) is 0 Å². The van der Waals surface area contributed by atoms with Gasteiger partial charge in [-0.2, -0.15) is 5.10 Å². The van der Waals surface area contributed by atoms with Crippen LogP contribution in [-0.2, 0) is 16.6 Å². The molecule has 27 heavy (non-hydrogen) atoms. The van der Waals surface area contributed by atoms with Crippen LogP contribution in [0.15, 0.2) is 36.4 Å². The molecule has 140 valence electrons. The van der Waals surface area contributed by atoms with Gasteiger partial charge in [0, 0.05) is 25.6 Å². The molecule has 0 unspecified atom stereocenters. The predicted octanol–water partition coefficient (Wildman–Crippen LogP) is 2.63. The molecule has 7 heteroatoms. The maximum absolute atomic E-state index is 12.8. The van der Waals surface area contributed by atoms with E-state index >= 15 is 0 Å². The number of aryl methyl sites for hydroxylation is 2. The molecule has 0 aliphatic rings. The molecule has 0 atom stereocenters. The Morgan fingerprint density at radius 2 is 1.96 bits per heavy atom. The highest BCUT2D eigenvalue weighted by molar-refractivity contribution is 6.07. The number of carbonyl (C=O) groups is 2. The minimum Gasteiger partial charge on any atom is -0.469 e. The molecule has 0 aliphatic carbocycles. The first-order chi connectivity index (χ1) is 13.0. The lowest BCUT2D eigenvalue weighted by atomic mass is 10.0. The lowest BCUT2D eigenvalue weighted by Crippen LogP contribution is -2.25. The molecule has 0 bridgehead atoms. The van der Waals surface area contributed by atoms with E-state index in [0.29, 0.717) is 29.9 Å². The number of nitrogens with zero attached hydrogens (tertiary/aromatic N) is 3. The standard InChI is InChI=1S/C20H22N4O3/c1-13-18-15(20(26)21-11-7-10-17(25)27-3)12-16(14-8-5-4-6-9-14)22-19(18)24(2)23-13/h4-6,8-9,12H,7,10-11H2,1-3H3,(H,21,26). The summed E-state index contributed by atoms with van der Waals surface area (Å²) in [6.07, 6.45) is 0.786. The van der Waals surface area contributed by atoms with Crippen LogP contribution < -0.4 is 5.32 Å². The summed E-state index contributed by atoms with van der Waals surface area (Å²) in [6, 6.07) is 11.5. The van der Waals surface area contributed by atoms with Crippen molar-refractivity contribution in [2.24, 2.45) is 7.05 Å². The second kappa shape index (κ2) is 7.99. The normalized spacial score (nSPS) is 10.8. The van der Waals surface area contributed by atoms with E-state index in [-0.39, 0.29) is 18.3 Å². The molecule has 0 aliphatic heterocycles. The van der Waals surface area contributed by atoms with Gasteiger partial charge in [0.2, 0.25) is 0 Å². The number of carbonyl (C=O) groups excluding carboxylic acids is 2. The third-order valence-electron chi connectivity index (χ3n) is 4.35. The van der Waals surface area contributed by atoms with Crippen LogP contribution in [0.3, 0.4) is 0 Å². The lowest BCUT2D eigenvalue weighted by molar-refractivity contribution is -0.140. The third kappa shape index (κ3) is 3.97. The fourth-order valence-electron chi connectivity index (χ4n) is 3.01. The molecule has 1 N–H and O–H groups in total. The first-order valence-electron chi connectivity index (χ1n) is 8.76. The van der Waals surface area contributed by atoms with Crippen molar-refractivity contribution in [3.63, 3.8) is 0 Å². The van der Waals surface area contributed by atoms with Crippen molar-refractivity contribution in [1.29, 1.82) is 0 Å². The zero-order chi connectivity index (χ0) is 19.4. The number of amides is 1. The highest BCUT2D eigenvalue weighted by atomic mass is 16.5. The van der Waals surface area contributed by atoms with E-state index in [0.717, 1.165) is 16.6 Å². The summed E-state index contributed by atoms with van der Waals surface area (Å²) in [4.78, 5) is 28.7. The number of methoxy groups -OCH3 is 1. The van der Waals surface area contributed by atoms with E-state index < -0.39 is 0 Å². The third-order valence-corrected chi connectivity index (χ3v) is 4.35. The van der Waals surface area contributed by atoms with E-state index in [1.54, 1.807) is 10.7 Å². The maximum atomic E-state index is 12.8. The summed E-state index contributed by atoms with van der Waals surface area (Å²) >= 11 is 0. The molecule has 0 saturated carbocycles. The number of aromatic nitrogens is 3. The fraction of sp³-hybridized carbons (Fsp3) is 0.300. The van der Waals surface area contributed by atoms with Crippen LogP contribution in [0.1, 0.15) is 28.9 Å². The van der Waals surface area contributed by atoms with Gasteiger partial charge in [0.25, 0.3) is 5.91 Å². The van der Waals surface area contributed by atoms with Gasteiger partial charge in [0.05, 0.1) is 29.4 Å². The summed E-state index contributed by atoms with van der Waals surface area (Å²) in [5, 5.41) is 8.02. The van der Waals surface area contributed by atoms with Crippen molar-refractivity contribution in [2.45, 2.75) is 19.8 Å². The van der Waals surface area contributed by atoms with Crippen LogP contribution in [0.4, 0.5) is 0 Å². The average Bonchev–Trinajstić information content (AvgIpc) is 2.98. The average molecular weight is 366 g/mol. The van der Waals surface area contributed by atoms with Crippen molar-refractivity contribution in [3.05, 3.63) is 47.7 Å². The van der Waals surface area contributed by atoms with Crippen molar-refractivity contribution in [1.82, 2.24) is 20.1 Å². The van der Waals surface area contributed by atoms with Crippen LogP contribution in [0.25, 0.3) is 22.3 Å². The Morgan fingerprint density at radius 3 is 2.67 bits per heavy atom. The molecule has 7 nitrogen and oxygen atoms in total. The van der Waals surface area contributed by atoms with E-state index in [1.165, 1.54) is 7.11 Å². The van der Waals surface area contributed by atoms with Gasteiger partial charge in [0.15, 0.2) is 5.65 Å². The predicted molar refractivity (Wildman–Crippen MR) is 102 cm³/mol. The van der Waals surface area contributed by atoms with Gasteiger partial charge in [-0.15, -0.1) is 0 Å². The maximum Gasteiger partial charge on any atom is 0.305 e. The lowest BCUT2D eigenvalue weighted by Gasteiger charge is -2.09. The molecule has 0 spiro atoms. The number of benzene rings is 1. The topological polar surface area (TPSA) is 86.1 Å². The van der Waals surface area contributed by atoms with Gasteiger partial charge >= 0.3 is 5.97 Å². The van der Waals surface area contributed by atoms with Gasteiger partial charge in [-0.05, 0) is 19.4 Å². The highest BCUT2D eigenvalue weighted by Crippen LogP contribution is 2.26. The van der Waals surface area contributed by atoms with E-state index in [4.69, 9.17) is 4.98 Å². The first kappa shape index (κ1) is 18.6. The van der Waals surface area contributed by atoms with Gasteiger partial charge in [-0.3, -0.25) is 14.3 Å². The fourth-order valence-corrected chi connectivity index (χ4v) is 3.01. The molecule has 3 rings (SSSR count). The van der Waals surface area contributed by atoms with Gasteiger partial charge in [-0.25, -0.2) is 4.98 Å². The van der Waals surface area contributed by atoms with Crippen molar-refractivity contribution in [2.75, 3.05) is 13.7 Å².